The Kier molecular flexibility index (Phi) is 5.55. The third-order valence-corrected chi connectivity index (χ3v) is 5.35. The normalized spacial score (nSPS) is 25.3. The number of likely N-dealkylation sites (tertiary alicyclic amines) is 1. The molecule has 23 heavy (non-hydrogen) atoms. The Balaban J connectivity index is 1.45. The molecule has 4 heteroatoms. The number of nitrogens with one attached hydrogen (secondary N) is 2. The lowest BCUT2D eigenvalue weighted by Gasteiger charge is -2.29. The van der Waals surface area contributed by atoms with Crippen molar-refractivity contribution in [2.24, 2.45) is 5.92 Å². The van der Waals surface area contributed by atoms with E-state index in [1.807, 2.05) is 6.07 Å². The molecule has 1 aromatic carbocycles. The van der Waals surface area contributed by atoms with Gasteiger partial charge >= 0.3 is 0 Å². The molecule has 2 aliphatic rings. The summed E-state index contributed by atoms with van der Waals surface area (Å²) in [6.45, 7) is 3.19. The van der Waals surface area contributed by atoms with E-state index in [9.17, 15) is 4.79 Å². The van der Waals surface area contributed by atoms with Gasteiger partial charge in [0.15, 0.2) is 0 Å². The highest BCUT2D eigenvalue weighted by atomic mass is 16.5. The molecule has 126 valence electrons. The number of amides is 1. The average molecular weight is 317 g/mol. The molecule has 0 radical (unpaired) electrons. The van der Waals surface area contributed by atoms with Gasteiger partial charge in [0, 0.05) is 30.4 Å². The number of methoxy groups -OCH3 is 1. The van der Waals surface area contributed by atoms with Gasteiger partial charge < -0.3 is 15.0 Å². The fraction of sp³-hybridized carbons (Fsp3) is 0.632. The van der Waals surface area contributed by atoms with Gasteiger partial charge in [-0.1, -0.05) is 25.0 Å². The highest BCUT2D eigenvalue weighted by molar-refractivity contribution is 5.79. The van der Waals surface area contributed by atoms with Gasteiger partial charge in [-0.05, 0) is 25.0 Å². The van der Waals surface area contributed by atoms with Gasteiger partial charge in [-0.15, -0.1) is 0 Å². The number of benzene rings is 1. The predicted octanol–water partition coefficient (Wildman–Crippen LogP) is 1.55. The SMILES string of the molecule is COc1cccc(C[NH+]2CCC(C(=O)NC3CCCC3)CC2)c1. The van der Waals surface area contributed by atoms with Crippen LogP contribution >= 0.6 is 0 Å². The maximum absolute atomic E-state index is 12.4. The number of carbonyl (C=O) groups excluding carboxylic acids is 1. The van der Waals surface area contributed by atoms with Crippen molar-refractivity contribution in [2.75, 3.05) is 20.2 Å². The maximum Gasteiger partial charge on any atom is 0.223 e. The molecule has 0 atom stereocenters. The summed E-state index contributed by atoms with van der Waals surface area (Å²) in [4.78, 5) is 13.9. The van der Waals surface area contributed by atoms with E-state index in [4.69, 9.17) is 4.74 Å². The summed E-state index contributed by atoms with van der Waals surface area (Å²) < 4.78 is 5.29. The van der Waals surface area contributed by atoms with Gasteiger partial charge in [0.05, 0.1) is 20.2 Å². The highest BCUT2D eigenvalue weighted by Crippen LogP contribution is 2.19. The second kappa shape index (κ2) is 7.82. The quantitative estimate of drug-likeness (QED) is 0.865. The molecule has 0 unspecified atom stereocenters. The standard InChI is InChI=1S/C19H28N2O2/c1-23-18-8-4-5-15(13-18)14-21-11-9-16(10-12-21)19(22)20-17-6-2-3-7-17/h4-5,8,13,16-17H,2-3,6-7,9-12,14H2,1H3,(H,20,22)/p+1. The average Bonchev–Trinajstić information content (AvgIpc) is 3.08. The van der Waals surface area contributed by atoms with E-state index in [2.05, 4.69) is 23.5 Å². The van der Waals surface area contributed by atoms with Crippen LogP contribution in [0.25, 0.3) is 0 Å². The van der Waals surface area contributed by atoms with E-state index >= 15 is 0 Å². The van der Waals surface area contributed by atoms with Crippen LogP contribution in [0.2, 0.25) is 0 Å². The number of hydrogen-bond acceptors (Lipinski definition) is 2. The molecule has 1 amide bonds. The minimum Gasteiger partial charge on any atom is -0.497 e. The summed E-state index contributed by atoms with van der Waals surface area (Å²) in [6, 6.07) is 8.76. The van der Waals surface area contributed by atoms with Crippen molar-refractivity contribution < 1.29 is 14.4 Å². The molecule has 1 aliphatic heterocycles. The zero-order chi connectivity index (χ0) is 16.1. The first-order valence-corrected chi connectivity index (χ1v) is 9.01. The minimum atomic E-state index is 0.227. The first kappa shape index (κ1) is 16.3. The first-order valence-electron chi connectivity index (χ1n) is 9.01. The Morgan fingerprint density at radius 2 is 1.96 bits per heavy atom. The topological polar surface area (TPSA) is 42.8 Å². The summed E-state index contributed by atoms with van der Waals surface area (Å²) >= 11 is 0. The van der Waals surface area contributed by atoms with Gasteiger partial charge in [0.2, 0.25) is 5.91 Å². The molecule has 0 aromatic heterocycles. The fourth-order valence-electron chi connectivity index (χ4n) is 3.93. The minimum absolute atomic E-state index is 0.227. The lowest BCUT2D eigenvalue weighted by Crippen LogP contribution is -3.11. The number of carbonyl (C=O) groups is 1. The van der Waals surface area contributed by atoms with E-state index in [1.54, 1.807) is 12.0 Å². The zero-order valence-electron chi connectivity index (χ0n) is 14.1. The second-order valence-corrected chi connectivity index (χ2v) is 7.04. The smallest absolute Gasteiger partial charge is 0.223 e. The molecule has 2 fully saturated rings. The van der Waals surface area contributed by atoms with Crippen LogP contribution in [0.3, 0.4) is 0 Å². The number of quaternary nitrogens is 1. The third kappa shape index (κ3) is 4.47. The van der Waals surface area contributed by atoms with Crippen LogP contribution < -0.4 is 15.0 Å². The van der Waals surface area contributed by atoms with Crippen molar-refractivity contribution in [3.8, 4) is 5.75 Å². The van der Waals surface area contributed by atoms with Crippen molar-refractivity contribution in [2.45, 2.75) is 51.1 Å². The van der Waals surface area contributed by atoms with Crippen LogP contribution in [-0.4, -0.2) is 32.1 Å². The molecule has 1 aliphatic carbocycles. The number of hydrogen-bond donors (Lipinski definition) is 2. The van der Waals surface area contributed by atoms with Crippen LogP contribution in [0.15, 0.2) is 24.3 Å². The number of piperidine rings is 1. The zero-order valence-corrected chi connectivity index (χ0v) is 14.1. The third-order valence-electron chi connectivity index (χ3n) is 5.35. The van der Waals surface area contributed by atoms with E-state index in [0.717, 1.165) is 38.2 Å². The van der Waals surface area contributed by atoms with Crippen molar-refractivity contribution >= 4 is 5.91 Å². The molecular formula is C19H29N2O2+. The highest BCUT2D eigenvalue weighted by Gasteiger charge is 2.29. The predicted molar refractivity (Wildman–Crippen MR) is 90.5 cm³/mol. The molecule has 1 heterocycles. The Bertz CT molecular complexity index is 518. The lowest BCUT2D eigenvalue weighted by molar-refractivity contribution is -0.919. The Labute approximate surface area is 139 Å². The molecule has 0 spiro atoms. The van der Waals surface area contributed by atoms with Gasteiger partial charge in [0.1, 0.15) is 12.3 Å². The van der Waals surface area contributed by atoms with Crippen molar-refractivity contribution in [1.29, 1.82) is 0 Å². The van der Waals surface area contributed by atoms with E-state index in [0.29, 0.717) is 11.9 Å². The van der Waals surface area contributed by atoms with Crippen LogP contribution in [0.1, 0.15) is 44.1 Å². The summed E-state index contributed by atoms with van der Waals surface area (Å²) in [5, 5.41) is 3.26. The monoisotopic (exact) mass is 317 g/mol. The molecular weight excluding hydrogens is 288 g/mol. The van der Waals surface area contributed by atoms with Gasteiger partial charge in [0.25, 0.3) is 0 Å². The first-order chi connectivity index (χ1) is 11.2. The van der Waals surface area contributed by atoms with Gasteiger partial charge in [-0.25, -0.2) is 0 Å². The molecule has 4 nitrogen and oxygen atoms in total. The van der Waals surface area contributed by atoms with E-state index in [1.165, 1.54) is 31.2 Å². The largest absolute Gasteiger partial charge is 0.497 e. The number of ether oxygens (including phenoxy) is 1. The molecule has 1 aromatic rings. The summed E-state index contributed by atoms with van der Waals surface area (Å²) in [7, 11) is 1.71. The molecule has 1 saturated heterocycles. The van der Waals surface area contributed by atoms with Crippen LogP contribution in [0.4, 0.5) is 0 Å². The summed E-state index contributed by atoms with van der Waals surface area (Å²) in [6.07, 6.45) is 6.91. The molecule has 1 saturated carbocycles. The van der Waals surface area contributed by atoms with E-state index in [-0.39, 0.29) is 5.92 Å². The van der Waals surface area contributed by atoms with Crippen LogP contribution in [0.5, 0.6) is 5.75 Å². The van der Waals surface area contributed by atoms with Gasteiger partial charge in [-0.3, -0.25) is 4.79 Å². The summed E-state index contributed by atoms with van der Waals surface area (Å²) in [5.74, 6) is 1.45. The fourth-order valence-corrected chi connectivity index (χ4v) is 3.93. The van der Waals surface area contributed by atoms with Crippen molar-refractivity contribution in [1.82, 2.24) is 5.32 Å². The Morgan fingerprint density at radius 1 is 1.22 bits per heavy atom. The summed E-state index contributed by atoms with van der Waals surface area (Å²) in [5.41, 5.74) is 1.31. The number of rotatable bonds is 5. The molecule has 0 bridgehead atoms. The maximum atomic E-state index is 12.4. The van der Waals surface area contributed by atoms with Crippen LogP contribution in [-0.2, 0) is 11.3 Å². The van der Waals surface area contributed by atoms with Gasteiger partial charge in [-0.2, -0.15) is 0 Å². The van der Waals surface area contributed by atoms with Crippen molar-refractivity contribution in [3.63, 3.8) is 0 Å². The Hall–Kier alpha value is -1.55. The van der Waals surface area contributed by atoms with E-state index < -0.39 is 0 Å². The second-order valence-electron chi connectivity index (χ2n) is 7.04. The van der Waals surface area contributed by atoms with Crippen molar-refractivity contribution in [3.05, 3.63) is 29.8 Å². The lowest BCUT2D eigenvalue weighted by atomic mass is 9.95. The van der Waals surface area contributed by atoms with Crippen LogP contribution in [0, 0.1) is 5.92 Å². The molecule has 3 rings (SSSR count). The Morgan fingerprint density at radius 3 is 2.65 bits per heavy atom. The molecule has 2 N–H and O–H groups in total.